The predicted molar refractivity (Wildman–Crippen MR) is 110 cm³/mol. The number of rotatable bonds is 6. The van der Waals surface area contributed by atoms with Crippen LogP contribution < -0.4 is 5.69 Å². The Bertz CT molecular complexity index is 1070. The van der Waals surface area contributed by atoms with E-state index in [9.17, 15) is 9.59 Å². The summed E-state index contributed by atoms with van der Waals surface area (Å²) in [7, 11) is 0. The summed E-state index contributed by atoms with van der Waals surface area (Å²) in [6, 6.07) is 10.7. The summed E-state index contributed by atoms with van der Waals surface area (Å²) in [5.41, 5.74) is 3.44. The number of thioether (sulfide) groups is 1. The van der Waals surface area contributed by atoms with Gasteiger partial charge in [-0.2, -0.15) is 4.98 Å². The molecule has 28 heavy (non-hydrogen) atoms. The molecule has 1 aromatic carbocycles. The summed E-state index contributed by atoms with van der Waals surface area (Å²) >= 11 is 7.22. The van der Waals surface area contributed by atoms with Crippen LogP contribution in [0.2, 0.25) is 5.02 Å². The molecule has 1 aliphatic carbocycles. The van der Waals surface area contributed by atoms with Crippen LogP contribution in [0.25, 0.3) is 0 Å². The Morgan fingerprint density at radius 3 is 2.75 bits per heavy atom. The van der Waals surface area contributed by atoms with Gasteiger partial charge in [0.25, 0.3) is 0 Å². The van der Waals surface area contributed by atoms with Crippen molar-refractivity contribution in [3.63, 3.8) is 0 Å². The largest absolute Gasteiger partial charge is 0.349 e. The summed E-state index contributed by atoms with van der Waals surface area (Å²) in [5, 5.41) is 1.28. The third-order valence-corrected chi connectivity index (χ3v) is 6.04. The topological polar surface area (TPSA) is 64.8 Å². The van der Waals surface area contributed by atoms with Crippen molar-refractivity contribution < 1.29 is 4.79 Å². The zero-order valence-electron chi connectivity index (χ0n) is 15.1. The molecule has 0 radical (unpaired) electrons. The van der Waals surface area contributed by atoms with E-state index in [0.717, 1.165) is 36.1 Å². The number of carbonyl (C=O) groups excluding carboxylic acids is 1. The molecular formula is C21H18ClN3O2S. The summed E-state index contributed by atoms with van der Waals surface area (Å²) < 4.78 is 1.74. The molecule has 4 rings (SSSR count). The SMILES string of the molecule is O=C(CSc1nc(=O)n(Cc2cccnc2)c2c1CCC2)c1ccc(Cl)cc1. The summed E-state index contributed by atoms with van der Waals surface area (Å²) in [4.78, 5) is 33.5. The standard InChI is InChI=1S/C21H18ClN3O2S/c22-16-8-6-15(7-9-16)19(26)13-28-20-17-4-1-5-18(17)25(21(27)24-20)12-14-3-2-10-23-11-14/h2-3,6-11H,1,4-5,12-13H2. The van der Waals surface area contributed by atoms with Crippen molar-refractivity contribution in [2.24, 2.45) is 0 Å². The number of ketones is 1. The molecule has 0 fully saturated rings. The fraction of sp³-hybridized carbons (Fsp3) is 0.238. The van der Waals surface area contributed by atoms with Crippen molar-refractivity contribution in [3.8, 4) is 0 Å². The first-order valence-corrected chi connectivity index (χ1v) is 10.4. The number of carbonyl (C=O) groups is 1. The molecule has 0 saturated carbocycles. The maximum absolute atomic E-state index is 12.7. The van der Waals surface area contributed by atoms with Crippen molar-refractivity contribution in [2.45, 2.75) is 30.8 Å². The van der Waals surface area contributed by atoms with Crippen LogP contribution in [-0.2, 0) is 19.4 Å². The number of Topliss-reactive ketones (excluding diaryl/α,β-unsaturated/α-hetero) is 1. The maximum atomic E-state index is 12.7. The van der Waals surface area contributed by atoms with Gasteiger partial charge in [0.2, 0.25) is 0 Å². The van der Waals surface area contributed by atoms with Gasteiger partial charge in [0.1, 0.15) is 5.03 Å². The average Bonchev–Trinajstić information content (AvgIpc) is 3.20. The van der Waals surface area contributed by atoms with E-state index in [1.807, 2.05) is 12.1 Å². The normalized spacial score (nSPS) is 12.8. The van der Waals surface area contributed by atoms with Crippen LogP contribution in [0.5, 0.6) is 0 Å². The van der Waals surface area contributed by atoms with E-state index in [1.165, 1.54) is 11.8 Å². The fourth-order valence-corrected chi connectivity index (χ4v) is 4.49. The number of nitrogens with zero attached hydrogens (tertiary/aromatic N) is 3. The molecule has 0 saturated heterocycles. The number of pyridine rings is 1. The quantitative estimate of drug-likeness (QED) is 0.350. The third kappa shape index (κ3) is 4.03. The molecule has 0 atom stereocenters. The average molecular weight is 412 g/mol. The molecule has 2 aromatic heterocycles. The minimum Gasteiger partial charge on any atom is -0.293 e. The summed E-state index contributed by atoms with van der Waals surface area (Å²) in [6.45, 7) is 0.469. The molecule has 1 aliphatic rings. The molecule has 142 valence electrons. The summed E-state index contributed by atoms with van der Waals surface area (Å²) in [6.07, 6.45) is 6.21. The molecule has 7 heteroatoms. The lowest BCUT2D eigenvalue weighted by Crippen LogP contribution is -2.28. The van der Waals surface area contributed by atoms with Crippen LogP contribution in [0, 0.1) is 0 Å². The molecule has 0 aliphatic heterocycles. The number of aromatic nitrogens is 3. The van der Waals surface area contributed by atoms with Gasteiger partial charge in [0.05, 0.1) is 12.3 Å². The van der Waals surface area contributed by atoms with E-state index in [4.69, 9.17) is 11.6 Å². The van der Waals surface area contributed by atoms with Gasteiger partial charge in [0.15, 0.2) is 5.78 Å². The van der Waals surface area contributed by atoms with E-state index in [0.29, 0.717) is 22.2 Å². The number of hydrogen-bond donors (Lipinski definition) is 0. The van der Waals surface area contributed by atoms with Gasteiger partial charge in [0, 0.05) is 34.2 Å². The number of halogens is 1. The molecule has 5 nitrogen and oxygen atoms in total. The second kappa shape index (κ2) is 8.29. The van der Waals surface area contributed by atoms with Gasteiger partial charge in [-0.25, -0.2) is 4.79 Å². The van der Waals surface area contributed by atoms with E-state index in [2.05, 4.69) is 9.97 Å². The van der Waals surface area contributed by atoms with Gasteiger partial charge in [-0.05, 0) is 55.2 Å². The second-order valence-corrected chi connectivity index (χ2v) is 8.04. The van der Waals surface area contributed by atoms with Gasteiger partial charge in [-0.3, -0.25) is 14.3 Å². The zero-order valence-corrected chi connectivity index (χ0v) is 16.7. The zero-order chi connectivity index (χ0) is 19.5. The molecule has 3 aromatic rings. The van der Waals surface area contributed by atoms with Gasteiger partial charge in [-0.1, -0.05) is 29.4 Å². The number of benzene rings is 1. The summed E-state index contributed by atoms with van der Waals surface area (Å²) in [5.74, 6) is 0.238. The lowest BCUT2D eigenvalue weighted by atomic mass is 10.1. The minimum atomic E-state index is -0.272. The molecule has 0 bridgehead atoms. The Balaban J connectivity index is 1.56. The Hall–Kier alpha value is -2.44. The number of hydrogen-bond acceptors (Lipinski definition) is 5. The lowest BCUT2D eigenvalue weighted by Gasteiger charge is -2.14. The van der Waals surface area contributed by atoms with Crippen LogP contribution in [0.3, 0.4) is 0 Å². The molecule has 0 amide bonds. The van der Waals surface area contributed by atoms with Crippen molar-refractivity contribution in [1.82, 2.24) is 14.5 Å². The highest BCUT2D eigenvalue weighted by Gasteiger charge is 2.22. The molecule has 2 heterocycles. The second-order valence-electron chi connectivity index (χ2n) is 6.64. The molecular weight excluding hydrogens is 394 g/mol. The van der Waals surface area contributed by atoms with E-state index < -0.39 is 0 Å². The first-order valence-electron chi connectivity index (χ1n) is 9.05. The van der Waals surface area contributed by atoms with Crippen molar-refractivity contribution in [3.05, 3.63) is 86.7 Å². The fourth-order valence-electron chi connectivity index (χ4n) is 3.40. The van der Waals surface area contributed by atoms with E-state index in [1.54, 1.807) is 41.2 Å². The highest BCUT2D eigenvalue weighted by Crippen LogP contribution is 2.30. The first-order chi connectivity index (χ1) is 13.6. The highest BCUT2D eigenvalue weighted by molar-refractivity contribution is 8.00. The Labute approximate surface area is 171 Å². The molecule has 0 N–H and O–H groups in total. The van der Waals surface area contributed by atoms with Crippen LogP contribution in [0.1, 0.15) is 33.6 Å². The van der Waals surface area contributed by atoms with E-state index >= 15 is 0 Å². The van der Waals surface area contributed by atoms with Gasteiger partial charge in [-0.15, -0.1) is 0 Å². The van der Waals surface area contributed by atoms with Crippen molar-refractivity contribution in [1.29, 1.82) is 0 Å². The van der Waals surface area contributed by atoms with Crippen LogP contribution >= 0.6 is 23.4 Å². The molecule has 0 unspecified atom stereocenters. The van der Waals surface area contributed by atoms with Crippen molar-refractivity contribution in [2.75, 3.05) is 5.75 Å². The maximum Gasteiger partial charge on any atom is 0.349 e. The van der Waals surface area contributed by atoms with Gasteiger partial charge < -0.3 is 0 Å². The van der Waals surface area contributed by atoms with E-state index in [-0.39, 0.29) is 17.2 Å². The number of fused-ring (bicyclic) bond motifs is 1. The van der Waals surface area contributed by atoms with Crippen LogP contribution in [0.15, 0.2) is 58.6 Å². The lowest BCUT2D eigenvalue weighted by molar-refractivity contribution is 0.102. The predicted octanol–water partition coefficient (Wildman–Crippen LogP) is 3.80. The first kappa shape index (κ1) is 18.9. The Morgan fingerprint density at radius 2 is 2.00 bits per heavy atom. The monoisotopic (exact) mass is 411 g/mol. The van der Waals surface area contributed by atoms with Crippen LogP contribution in [0.4, 0.5) is 0 Å². The Kier molecular flexibility index (Phi) is 5.59. The van der Waals surface area contributed by atoms with Gasteiger partial charge >= 0.3 is 5.69 Å². The Morgan fingerprint density at radius 1 is 1.18 bits per heavy atom. The minimum absolute atomic E-state index is 0.00486. The highest BCUT2D eigenvalue weighted by atomic mass is 35.5. The third-order valence-electron chi connectivity index (χ3n) is 4.77. The molecule has 0 spiro atoms. The smallest absolute Gasteiger partial charge is 0.293 e. The van der Waals surface area contributed by atoms with Crippen LogP contribution in [-0.4, -0.2) is 26.1 Å². The van der Waals surface area contributed by atoms with Crippen molar-refractivity contribution >= 4 is 29.1 Å².